The van der Waals surface area contributed by atoms with E-state index in [-0.39, 0.29) is 5.91 Å². The van der Waals surface area contributed by atoms with Crippen LogP contribution in [0.15, 0.2) is 41.5 Å². The SMILES string of the molecule is COc1cccc(C(=O)N/N=C/c2cc(OC)c(OC)c(OC)c2)c1. The fourth-order valence-corrected chi connectivity index (χ4v) is 2.17. The van der Waals surface area contributed by atoms with Gasteiger partial charge >= 0.3 is 0 Å². The maximum Gasteiger partial charge on any atom is 0.271 e. The van der Waals surface area contributed by atoms with Crippen LogP contribution in [-0.2, 0) is 0 Å². The van der Waals surface area contributed by atoms with E-state index in [0.717, 1.165) is 0 Å². The quantitative estimate of drug-likeness (QED) is 0.617. The average molecular weight is 344 g/mol. The lowest BCUT2D eigenvalue weighted by atomic mass is 10.2. The second-order valence-electron chi connectivity index (χ2n) is 4.89. The summed E-state index contributed by atoms with van der Waals surface area (Å²) in [7, 11) is 6.13. The van der Waals surface area contributed by atoms with E-state index in [4.69, 9.17) is 18.9 Å². The number of hydrazone groups is 1. The highest BCUT2D eigenvalue weighted by molar-refractivity contribution is 5.95. The molecule has 0 fully saturated rings. The highest BCUT2D eigenvalue weighted by Crippen LogP contribution is 2.37. The van der Waals surface area contributed by atoms with E-state index in [0.29, 0.717) is 34.1 Å². The third-order valence-electron chi connectivity index (χ3n) is 3.40. The zero-order valence-electron chi connectivity index (χ0n) is 14.5. The molecule has 1 N–H and O–H groups in total. The first-order valence-electron chi connectivity index (χ1n) is 7.40. The highest BCUT2D eigenvalue weighted by atomic mass is 16.5. The van der Waals surface area contributed by atoms with Crippen molar-refractivity contribution in [3.05, 3.63) is 47.5 Å². The molecular formula is C18H20N2O5. The number of hydrogen-bond acceptors (Lipinski definition) is 6. The number of nitrogens with one attached hydrogen (secondary N) is 1. The Labute approximate surface area is 146 Å². The number of amides is 1. The lowest BCUT2D eigenvalue weighted by molar-refractivity contribution is 0.0955. The van der Waals surface area contributed by atoms with Crippen LogP contribution in [0.4, 0.5) is 0 Å². The van der Waals surface area contributed by atoms with Crippen LogP contribution in [0.1, 0.15) is 15.9 Å². The third kappa shape index (κ3) is 4.41. The first-order valence-corrected chi connectivity index (χ1v) is 7.40. The molecule has 0 radical (unpaired) electrons. The van der Waals surface area contributed by atoms with Gasteiger partial charge in [-0.25, -0.2) is 5.43 Å². The molecule has 1 amide bonds. The minimum absolute atomic E-state index is 0.345. The predicted octanol–water partition coefficient (Wildman–Crippen LogP) is 2.48. The summed E-state index contributed by atoms with van der Waals surface area (Å²) in [4.78, 5) is 12.1. The topological polar surface area (TPSA) is 78.4 Å². The van der Waals surface area contributed by atoms with Crippen LogP contribution in [0.25, 0.3) is 0 Å². The first-order chi connectivity index (χ1) is 12.1. The Kier molecular flexibility index (Phi) is 6.22. The van der Waals surface area contributed by atoms with Crippen molar-refractivity contribution in [1.29, 1.82) is 0 Å². The van der Waals surface area contributed by atoms with Crippen LogP contribution in [0, 0.1) is 0 Å². The van der Waals surface area contributed by atoms with Crippen LogP contribution in [0.3, 0.4) is 0 Å². The van der Waals surface area contributed by atoms with Gasteiger partial charge in [0.05, 0.1) is 34.7 Å². The third-order valence-corrected chi connectivity index (χ3v) is 3.40. The van der Waals surface area contributed by atoms with Crippen molar-refractivity contribution in [1.82, 2.24) is 5.43 Å². The van der Waals surface area contributed by atoms with Gasteiger partial charge in [0.2, 0.25) is 5.75 Å². The lowest BCUT2D eigenvalue weighted by Crippen LogP contribution is -2.17. The standard InChI is InChI=1S/C18H20N2O5/c1-22-14-7-5-6-13(10-14)18(21)20-19-11-12-8-15(23-2)17(25-4)16(9-12)24-3/h5-11H,1-4H3,(H,20,21)/b19-11+. The molecule has 0 bridgehead atoms. The molecule has 7 nitrogen and oxygen atoms in total. The molecule has 2 rings (SSSR count). The molecule has 0 aliphatic carbocycles. The van der Waals surface area contributed by atoms with E-state index in [1.807, 2.05) is 0 Å². The second kappa shape index (κ2) is 8.58. The van der Waals surface area contributed by atoms with Gasteiger partial charge in [-0.2, -0.15) is 5.10 Å². The first kappa shape index (κ1) is 18.1. The Morgan fingerprint density at radius 2 is 1.64 bits per heavy atom. The van der Waals surface area contributed by atoms with Crippen LogP contribution in [-0.4, -0.2) is 40.6 Å². The molecule has 0 spiro atoms. The molecule has 132 valence electrons. The number of carbonyl (C=O) groups excluding carboxylic acids is 1. The molecule has 0 saturated heterocycles. The number of nitrogens with zero attached hydrogens (tertiary/aromatic N) is 1. The van der Waals surface area contributed by atoms with Crippen molar-refractivity contribution in [2.75, 3.05) is 28.4 Å². The van der Waals surface area contributed by atoms with Crippen LogP contribution in [0.2, 0.25) is 0 Å². The maximum absolute atomic E-state index is 12.1. The van der Waals surface area contributed by atoms with E-state index < -0.39 is 0 Å². The number of rotatable bonds is 7. The van der Waals surface area contributed by atoms with Gasteiger partial charge in [0.1, 0.15) is 5.75 Å². The van der Waals surface area contributed by atoms with Gasteiger partial charge < -0.3 is 18.9 Å². The Morgan fingerprint density at radius 3 is 2.20 bits per heavy atom. The largest absolute Gasteiger partial charge is 0.497 e. The van der Waals surface area contributed by atoms with Crippen molar-refractivity contribution in [3.63, 3.8) is 0 Å². The molecule has 0 atom stereocenters. The van der Waals surface area contributed by atoms with Gasteiger partial charge in [0.25, 0.3) is 5.91 Å². The molecule has 0 saturated carbocycles. The van der Waals surface area contributed by atoms with E-state index in [2.05, 4.69) is 10.5 Å². The number of carbonyl (C=O) groups is 1. The molecule has 2 aromatic rings. The smallest absolute Gasteiger partial charge is 0.271 e. The number of benzene rings is 2. The second-order valence-corrected chi connectivity index (χ2v) is 4.89. The van der Waals surface area contributed by atoms with Gasteiger partial charge in [-0.15, -0.1) is 0 Å². The normalized spacial score (nSPS) is 10.4. The number of ether oxygens (including phenoxy) is 4. The van der Waals surface area contributed by atoms with Crippen molar-refractivity contribution in [2.24, 2.45) is 5.10 Å². The van der Waals surface area contributed by atoms with Crippen LogP contribution < -0.4 is 24.4 Å². The molecule has 7 heteroatoms. The average Bonchev–Trinajstić information content (AvgIpc) is 2.66. The Morgan fingerprint density at radius 1 is 0.960 bits per heavy atom. The fourth-order valence-electron chi connectivity index (χ4n) is 2.17. The van der Waals surface area contributed by atoms with Crippen molar-refractivity contribution in [2.45, 2.75) is 0 Å². The zero-order chi connectivity index (χ0) is 18.2. The molecule has 0 aromatic heterocycles. The van der Waals surface area contributed by atoms with Gasteiger partial charge in [-0.05, 0) is 30.3 Å². The Bertz CT molecular complexity index is 749. The van der Waals surface area contributed by atoms with Gasteiger partial charge in [0, 0.05) is 11.1 Å². The molecule has 0 unspecified atom stereocenters. The predicted molar refractivity (Wildman–Crippen MR) is 94.2 cm³/mol. The molecule has 25 heavy (non-hydrogen) atoms. The fraction of sp³-hybridized carbons (Fsp3) is 0.222. The van der Waals surface area contributed by atoms with Crippen molar-refractivity contribution < 1.29 is 23.7 Å². The summed E-state index contributed by atoms with van der Waals surface area (Å²) in [6.07, 6.45) is 1.49. The minimum Gasteiger partial charge on any atom is -0.497 e. The van der Waals surface area contributed by atoms with Gasteiger partial charge in [-0.1, -0.05) is 6.07 Å². The highest BCUT2D eigenvalue weighted by Gasteiger charge is 2.12. The van der Waals surface area contributed by atoms with E-state index in [1.54, 1.807) is 43.5 Å². The van der Waals surface area contributed by atoms with E-state index in [1.165, 1.54) is 27.5 Å². The summed E-state index contributed by atoms with van der Waals surface area (Å²) in [6, 6.07) is 10.2. The summed E-state index contributed by atoms with van der Waals surface area (Å²) in [6.45, 7) is 0. The summed E-state index contributed by atoms with van der Waals surface area (Å²) < 4.78 is 20.9. The van der Waals surface area contributed by atoms with Gasteiger partial charge in [-0.3, -0.25) is 4.79 Å². The monoisotopic (exact) mass is 344 g/mol. The Balaban J connectivity index is 2.14. The number of methoxy groups -OCH3 is 4. The summed E-state index contributed by atoms with van der Waals surface area (Å²) >= 11 is 0. The van der Waals surface area contributed by atoms with Crippen LogP contribution in [0.5, 0.6) is 23.0 Å². The van der Waals surface area contributed by atoms with Crippen molar-refractivity contribution >= 4 is 12.1 Å². The van der Waals surface area contributed by atoms with E-state index in [9.17, 15) is 4.79 Å². The molecule has 0 heterocycles. The van der Waals surface area contributed by atoms with Crippen LogP contribution >= 0.6 is 0 Å². The number of hydrogen-bond donors (Lipinski definition) is 1. The van der Waals surface area contributed by atoms with E-state index >= 15 is 0 Å². The molecule has 0 aliphatic rings. The lowest BCUT2D eigenvalue weighted by Gasteiger charge is -2.12. The molecule has 2 aromatic carbocycles. The van der Waals surface area contributed by atoms with Crippen molar-refractivity contribution in [3.8, 4) is 23.0 Å². The molecule has 0 aliphatic heterocycles. The minimum atomic E-state index is -0.345. The summed E-state index contributed by atoms with van der Waals surface area (Å²) in [5.74, 6) is 1.75. The summed E-state index contributed by atoms with van der Waals surface area (Å²) in [5.41, 5.74) is 3.59. The zero-order valence-corrected chi connectivity index (χ0v) is 14.5. The molecular weight excluding hydrogens is 324 g/mol. The maximum atomic E-state index is 12.1. The summed E-state index contributed by atoms with van der Waals surface area (Å²) in [5, 5.41) is 3.96. The van der Waals surface area contributed by atoms with Gasteiger partial charge in [0.15, 0.2) is 11.5 Å². The Hall–Kier alpha value is -3.22.